The van der Waals surface area contributed by atoms with Gasteiger partial charge in [-0.3, -0.25) is 4.79 Å². The summed E-state index contributed by atoms with van der Waals surface area (Å²) in [6.45, 7) is 0. The molecule has 2 aromatic rings. The van der Waals surface area contributed by atoms with Crippen molar-refractivity contribution in [3.8, 4) is 5.75 Å². The minimum Gasteiger partial charge on any atom is -0.497 e. The Kier molecular flexibility index (Phi) is 5.26. The number of carbonyl (C=O) groups is 1. The maximum atomic E-state index is 10.6. The van der Waals surface area contributed by atoms with Gasteiger partial charge in [-0.2, -0.15) is 0 Å². The summed E-state index contributed by atoms with van der Waals surface area (Å²) in [5.41, 5.74) is 1.81. The second-order valence-corrected chi connectivity index (χ2v) is 5.31. The molecule has 4 nitrogen and oxygen atoms in total. The summed E-state index contributed by atoms with van der Waals surface area (Å²) < 4.78 is 5.12. The highest BCUT2D eigenvalue weighted by atomic mass is 35.5. The van der Waals surface area contributed by atoms with Crippen molar-refractivity contribution in [2.45, 2.75) is 10.6 Å². The lowest BCUT2D eigenvalue weighted by Gasteiger charge is -2.08. The molecule has 1 aromatic carbocycles. The molecule has 1 heterocycles. The minimum atomic E-state index is 0.402. The van der Waals surface area contributed by atoms with Gasteiger partial charge in [0.05, 0.1) is 19.0 Å². The molecule has 6 heteroatoms. The van der Waals surface area contributed by atoms with Crippen molar-refractivity contribution in [1.82, 2.24) is 4.98 Å². The molecule has 2 rings (SSSR count). The first-order valence-corrected chi connectivity index (χ1v) is 7.20. The predicted molar refractivity (Wildman–Crippen MR) is 81.5 cm³/mol. The third kappa shape index (κ3) is 3.88. The summed E-state index contributed by atoms with van der Waals surface area (Å²) in [7, 11) is 1.64. The molecule has 1 aromatic heterocycles. The van der Waals surface area contributed by atoms with Crippen molar-refractivity contribution >= 4 is 35.5 Å². The first-order chi connectivity index (χ1) is 9.72. The first kappa shape index (κ1) is 14.7. The van der Waals surface area contributed by atoms with Gasteiger partial charge in [-0.25, -0.2) is 4.98 Å². The number of aromatic nitrogens is 1. The zero-order chi connectivity index (χ0) is 14.4. The summed E-state index contributed by atoms with van der Waals surface area (Å²) in [5.74, 6) is 1.59. The number of pyridine rings is 1. The molecule has 0 bridgehead atoms. The molecule has 0 fully saturated rings. The van der Waals surface area contributed by atoms with Crippen LogP contribution in [0.3, 0.4) is 0 Å². The average Bonchev–Trinajstić information content (AvgIpc) is 2.48. The normalized spacial score (nSPS) is 10.1. The van der Waals surface area contributed by atoms with Gasteiger partial charge in [-0.1, -0.05) is 23.7 Å². The number of amides is 1. The van der Waals surface area contributed by atoms with Crippen LogP contribution in [-0.4, -0.2) is 18.5 Å². The van der Waals surface area contributed by atoms with E-state index in [1.807, 2.05) is 24.3 Å². The molecule has 0 aliphatic carbocycles. The van der Waals surface area contributed by atoms with Crippen molar-refractivity contribution < 1.29 is 9.53 Å². The van der Waals surface area contributed by atoms with E-state index in [0.29, 0.717) is 17.3 Å². The lowest BCUT2D eigenvalue weighted by molar-refractivity contribution is -0.105. The van der Waals surface area contributed by atoms with Gasteiger partial charge >= 0.3 is 0 Å². The smallest absolute Gasteiger partial charge is 0.211 e. The Balaban J connectivity index is 2.08. The summed E-state index contributed by atoms with van der Waals surface area (Å²) in [4.78, 5) is 15.4. The number of hydrogen-bond acceptors (Lipinski definition) is 4. The Bertz CT molecular complexity index is 590. The molecular weight excluding hydrogens is 296 g/mol. The van der Waals surface area contributed by atoms with Crippen LogP contribution in [0.25, 0.3) is 0 Å². The highest BCUT2D eigenvalue weighted by Crippen LogP contribution is 2.31. The SMILES string of the molecule is COc1ccc(CSc2cc(Cl)ncc2NC=O)cc1. The first-order valence-electron chi connectivity index (χ1n) is 5.84. The number of thioether (sulfide) groups is 1. The largest absolute Gasteiger partial charge is 0.497 e. The van der Waals surface area contributed by atoms with Crippen LogP contribution in [0.2, 0.25) is 5.15 Å². The fourth-order valence-corrected chi connectivity index (χ4v) is 2.79. The number of anilines is 1. The van der Waals surface area contributed by atoms with Crippen molar-refractivity contribution in [3.63, 3.8) is 0 Å². The highest BCUT2D eigenvalue weighted by molar-refractivity contribution is 7.98. The highest BCUT2D eigenvalue weighted by Gasteiger charge is 2.05. The van der Waals surface area contributed by atoms with E-state index >= 15 is 0 Å². The van der Waals surface area contributed by atoms with Gasteiger partial charge in [-0.05, 0) is 23.8 Å². The Morgan fingerprint density at radius 3 is 2.80 bits per heavy atom. The Morgan fingerprint density at radius 1 is 1.40 bits per heavy atom. The number of rotatable bonds is 6. The quantitative estimate of drug-likeness (QED) is 0.503. The molecule has 0 saturated heterocycles. The maximum Gasteiger partial charge on any atom is 0.211 e. The van der Waals surface area contributed by atoms with Gasteiger partial charge in [0.25, 0.3) is 0 Å². The van der Waals surface area contributed by atoms with Crippen LogP contribution in [0.4, 0.5) is 5.69 Å². The van der Waals surface area contributed by atoms with Crippen molar-refractivity contribution in [2.75, 3.05) is 12.4 Å². The summed E-state index contributed by atoms with van der Waals surface area (Å²) in [6.07, 6.45) is 2.18. The lowest BCUT2D eigenvalue weighted by atomic mass is 10.2. The van der Waals surface area contributed by atoms with Crippen LogP contribution in [0.5, 0.6) is 5.75 Å². The Labute approximate surface area is 126 Å². The van der Waals surface area contributed by atoms with Crippen molar-refractivity contribution in [3.05, 3.63) is 47.2 Å². The molecule has 0 saturated carbocycles. The van der Waals surface area contributed by atoms with E-state index in [9.17, 15) is 4.79 Å². The monoisotopic (exact) mass is 308 g/mol. The second-order valence-electron chi connectivity index (χ2n) is 3.90. The van der Waals surface area contributed by atoms with Gasteiger partial charge in [0.1, 0.15) is 10.9 Å². The van der Waals surface area contributed by atoms with E-state index in [1.54, 1.807) is 31.1 Å². The Hall–Kier alpha value is -1.72. The molecule has 1 amide bonds. The van der Waals surface area contributed by atoms with E-state index in [2.05, 4.69) is 10.3 Å². The summed E-state index contributed by atoms with van der Waals surface area (Å²) >= 11 is 7.46. The van der Waals surface area contributed by atoms with Gasteiger partial charge in [0.2, 0.25) is 6.41 Å². The number of hydrogen-bond donors (Lipinski definition) is 1. The van der Waals surface area contributed by atoms with E-state index in [-0.39, 0.29) is 0 Å². The fraction of sp³-hybridized carbons (Fsp3) is 0.143. The van der Waals surface area contributed by atoms with Crippen LogP contribution < -0.4 is 10.1 Å². The lowest BCUT2D eigenvalue weighted by Crippen LogP contribution is -1.97. The van der Waals surface area contributed by atoms with E-state index in [4.69, 9.17) is 16.3 Å². The van der Waals surface area contributed by atoms with E-state index in [0.717, 1.165) is 22.0 Å². The van der Waals surface area contributed by atoms with Crippen molar-refractivity contribution in [1.29, 1.82) is 0 Å². The van der Waals surface area contributed by atoms with Crippen LogP contribution in [0.1, 0.15) is 5.56 Å². The summed E-state index contributed by atoms with van der Waals surface area (Å²) in [6, 6.07) is 9.57. The van der Waals surface area contributed by atoms with Crippen LogP contribution in [0.15, 0.2) is 41.4 Å². The zero-order valence-corrected chi connectivity index (χ0v) is 12.4. The number of ether oxygens (including phenoxy) is 1. The Morgan fingerprint density at radius 2 is 2.15 bits per heavy atom. The van der Waals surface area contributed by atoms with Gasteiger partial charge in [-0.15, -0.1) is 11.8 Å². The molecule has 0 spiro atoms. The molecule has 1 N–H and O–H groups in total. The maximum absolute atomic E-state index is 10.6. The van der Waals surface area contributed by atoms with Gasteiger partial charge in [0.15, 0.2) is 0 Å². The molecule has 0 aliphatic rings. The van der Waals surface area contributed by atoms with Crippen molar-refractivity contribution in [2.24, 2.45) is 0 Å². The van der Waals surface area contributed by atoms with E-state index in [1.165, 1.54) is 0 Å². The number of methoxy groups -OCH3 is 1. The van der Waals surface area contributed by atoms with Crippen LogP contribution in [0, 0.1) is 0 Å². The molecule has 0 radical (unpaired) electrons. The molecule has 0 aliphatic heterocycles. The van der Waals surface area contributed by atoms with Gasteiger partial charge in [0, 0.05) is 10.6 Å². The number of benzene rings is 1. The third-order valence-electron chi connectivity index (χ3n) is 2.60. The fourth-order valence-electron chi connectivity index (χ4n) is 1.59. The van der Waals surface area contributed by atoms with Crippen LogP contribution >= 0.6 is 23.4 Å². The molecule has 20 heavy (non-hydrogen) atoms. The number of halogens is 1. The standard InChI is InChI=1S/C14H13ClN2O2S/c1-19-11-4-2-10(3-5-11)8-20-13-6-14(15)16-7-12(13)17-9-18/h2-7,9H,8H2,1H3,(H,17,18). The van der Waals surface area contributed by atoms with Crippen LogP contribution in [-0.2, 0) is 10.5 Å². The third-order valence-corrected chi connectivity index (χ3v) is 3.93. The van der Waals surface area contributed by atoms with Gasteiger partial charge < -0.3 is 10.1 Å². The predicted octanol–water partition coefficient (Wildman–Crippen LogP) is 3.60. The summed E-state index contributed by atoms with van der Waals surface area (Å²) in [5, 5.41) is 3.02. The second kappa shape index (κ2) is 7.17. The number of carbonyl (C=O) groups excluding carboxylic acids is 1. The molecule has 0 atom stereocenters. The number of nitrogens with zero attached hydrogens (tertiary/aromatic N) is 1. The average molecular weight is 309 g/mol. The number of nitrogens with one attached hydrogen (secondary N) is 1. The zero-order valence-electron chi connectivity index (χ0n) is 10.8. The van der Waals surface area contributed by atoms with E-state index < -0.39 is 0 Å². The molecular formula is C14H13ClN2O2S. The topological polar surface area (TPSA) is 51.2 Å². The molecule has 0 unspecified atom stereocenters. The minimum absolute atomic E-state index is 0.402. The molecule has 104 valence electrons.